The highest BCUT2D eigenvalue weighted by molar-refractivity contribution is 5.89. The summed E-state index contributed by atoms with van der Waals surface area (Å²) in [5.41, 5.74) is -1.08. The molecule has 0 heterocycles. The Kier molecular flexibility index (Phi) is 3.54. The Morgan fingerprint density at radius 1 is 1.53 bits per heavy atom. The molecule has 1 unspecified atom stereocenters. The molecular weight excluding hydrogens is 195 g/mol. The number of rotatable bonds is 6. The predicted octanol–water partition coefficient (Wildman–Crippen LogP) is 2.76. The molecule has 3 heteroatoms. The van der Waals surface area contributed by atoms with Crippen LogP contribution in [0.5, 0.6) is 0 Å². The quantitative estimate of drug-likeness (QED) is 0.682. The Bertz CT molecular complexity index is 240. The molecule has 1 aliphatic rings. The molecule has 0 spiro atoms. The zero-order chi connectivity index (χ0) is 11.7. The fourth-order valence-corrected chi connectivity index (χ4v) is 2.03. The molecule has 0 saturated heterocycles. The minimum absolute atomic E-state index is 0.111. The van der Waals surface area contributed by atoms with Crippen molar-refractivity contribution in [1.82, 2.24) is 0 Å². The van der Waals surface area contributed by atoms with Crippen molar-refractivity contribution in [2.45, 2.75) is 45.6 Å². The molecular formula is C12H21FO2. The molecule has 0 N–H and O–H groups in total. The summed E-state index contributed by atoms with van der Waals surface area (Å²) in [7, 11) is 1.44. The summed E-state index contributed by atoms with van der Waals surface area (Å²) in [4.78, 5) is 12.0. The second-order valence-electron chi connectivity index (χ2n) is 5.34. The van der Waals surface area contributed by atoms with Gasteiger partial charge in [0.15, 0.2) is 11.4 Å². The van der Waals surface area contributed by atoms with Crippen molar-refractivity contribution < 1.29 is 13.9 Å². The van der Waals surface area contributed by atoms with Gasteiger partial charge in [0.05, 0.1) is 0 Å². The van der Waals surface area contributed by atoms with Gasteiger partial charge in [-0.05, 0) is 24.7 Å². The van der Waals surface area contributed by atoms with E-state index in [1.165, 1.54) is 7.11 Å². The zero-order valence-electron chi connectivity index (χ0n) is 10.1. The summed E-state index contributed by atoms with van der Waals surface area (Å²) < 4.78 is 18.3. The monoisotopic (exact) mass is 216 g/mol. The number of ketones is 1. The van der Waals surface area contributed by atoms with E-state index in [9.17, 15) is 9.18 Å². The van der Waals surface area contributed by atoms with E-state index in [2.05, 4.69) is 6.92 Å². The summed E-state index contributed by atoms with van der Waals surface area (Å²) in [6.07, 6.45) is 2.66. The lowest BCUT2D eigenvalue weighted by Gasteiger charge is -2.32. The zero-order valence-corrected chi connectivity index (χ0v) is 10.1. The van der Waals surface area contributed by atoms with Crippen LogP contribution in [0.1, 0.15) is 40.0 Å². The smallest absolute Gasteiger partial charge is 0.169 e. The van der Waals surface area contributed by atoms with E-state index in [4.69, 9.17) is 4.74 Å². The van der Waals surface area contributed by atoms with Gasteiger partial charge in [0.1, 0.15) is 6.67 Å². The van der Waals surface area contributed by atoms with Crippen LogP contribution in [0.15, 0.2) is 0 Å². The first-order valence-corrected chi connectivity index (χ1v) is 5.54. The van der Waals surface area contributed by atoms with Crippen LogP contribution in [0.2, 0.25) is 0 Å². The van der Waals surface area contributed by atoms with Gasteiger partial charge in [-0.2, -0.15) is 0 Å². The van der Waals surface area contributed by atoms with Gasteiger partial charge in [0, 0.05) is 13.0 Å². The summed E-state index contributed by atoms with van der Waals surface area (Å²) in [5.74, 6) is -0.288. The van der Waals surface area contributed by atoms with Crippen LogP contribution in [-0.2, 0) is 9.53 Å². The van der Waals surface area contributed by atoms with Gasteiger partial charge < -0.3 is 4.74 Å². The molecule has 88 valence electrons. The van der Waals surface area contributed by atoms with Crippen LogP contribution >= 0.6 is 0 Å². The third-order valence-electron chi connectivity index (χ3n) is 3.40. The number of ether oxygens (including phenoxy) is 1. The lowest BCUT2D eigenvalue weighted by Crippen LogP contribution is -2.47. The molecule has 1 fully saturated rings. The number of hydrogen-bond donors (Lipinski definition) is 0. The lowest BCUT2D eigenvalue weighted by atomic mass is 9.82. The Balaban J connectivity index is 2.81. The second kappa shape index (κ2) is 4.20. The highest BCUT2D eigenvalue weighted by Gasteiger charge is 2.50. The Labute approximate surface area is 91.2 Å². The second-order valence-corrected chi connectivity index (χ2v) is 5.34. The number of methoxy groups -OCH3 is 1. The van der Waals surface area contributed by atoms with Crippen LogP contribution in [0, 0.1) is 11.3 Å². The van der Waals surface area contributed by atoms with Gasteiger partial charge in [-0.15, -0.1) is 0 Å². The van der Waals surface area contributed by atoms with Crippen LogP contribution in [-0.4, -0.2) is 25.2 Å². The van der Waals surface area contributed by atoms with E-state index in [1.54, 1.807) is 13.8 Å². The van der Waals surface area contributed by atoms with Gasteiger partial charge >= 0.3 is 0 Å². The van der Waals surface area contributed by atoms with E-state index in [-0.39, 0.29) is 17.1 Å². The van der Waals surface area contributed by atoms with Gasteiger partial charge in [-0.1, -0.05) is 20.8 Å². The highest BCUT2D eigenvalue weighted by atomic mass is 19.1. The molecule has 2 nitrogen and oxygen atoms in total. The molecule has 0 bridgehead atoms. The van der Waals surface area contributed by atoms with Crippen LogP contribution in [0.4, 0.5) is 4.39 Å². The standard InChI is InChI=1S/C12H21FO2/c1-9(2)10(14)12(8-13,15-4)7-11(3)5-6-11/h9H,5-8H2,1-4H3. The van der Waals surface area contributed by atoms with Crippen molar-refractivity contribution in [3.8, 4) is 0 Å². The molecule has 1 rings (SSSR count). The average molecular weight is 216 g/mol. The van der Waals surface area contributed by atoms with E-state index >= 15 is 0 Å². The van der Waals surface area contributed by atoms with Crippen molar-refractivity contribution in [2.24, 2.45) is 11.3 Å². The fourth-order valence-electron chi connectivity index (χ4n) is 2.03. The first-order chi connectivity index (χ1) is 6.89. The van der Waals surface area contributed by atoms with E-state index in [0.29, 0.717) is 6.42 Å². The van der Waals surface area contributed by atoms with E-state index < -0.39 is 12.3 Å². The van der Waals surface area contributed by atoms with Crippen molar-refractivity contribution in [1.29, 1.82) is 0 Å². The predicted molar refractivity (Wildman–Crippen MR) is 57.5 cm³/mol. The summed E-state index contributed by atoms with van der Waals surface area (Å²) >= 11 is 0. The third-order valence-corrected chi connectivity index (χ3v) is 3.40. The topological polar surface area (TPSA) is 26.3 Å². The number of carbonyl (C=O) groups excluding carboxylic acids is 1. The molecule has 0 amide bonds. The highest BCUT2D eigenvalue weighted by Crippen LogP contribution is 2.52. The van der Waals surface area contributed by atoms with E-state index in [1.807, 2.05) is 0 Å². The van der Waals surface area contributed by atoms with Crippen molar-refractivity contribution >= 4 is 5.78 Å². The molecule has 0 radical (unpaired) electrons. The normalized spacial score (nSPS) is 22.5. The number of carbonyl (C=O) groups is 1. The molecule has 0 aromatic carbocycles. The number of Topliss-reactive ketones (excluding diaryl/α,β-unsaturated/α-hetero) is 1. The molecule has 1 aliphatic carbocycles. The molecule has 0 aromatic rings. The molecule has 0 aromatic heterocycles. The SMILES string of the molecule is COC(CF)(CC1(C)CC1)C(=O)C(C)C. The van der Waals surface area contributed by atoms with Gasteiger partial charge in [0.2, 0.25) is 0 Å². The van der Waals surface area contributed by atoms with Crippen LogP contribution in [0.25, 0.3) is 0 Å². The van der Waals surface area contributed by atoms with Crippen molar-refractivity contribution in [2.75, 3.05) is 13.8 Å². The minimum Gasteiger partial charge on any atom is -0.368 e. The largest absolute Gasteiger partial charge is 0.368 e. The summed E-state index contributed by atoms with van der Waals surface area (Å²) in [5, 5.41) is 0. The van der Waals surface area contributed by atoms with Gasteiger partial charge in [-0.25, -0.2) is 4.39 Å². The maximum absolute atomic E-state index is 13.1. The fraction of sp³-hybridized carbons (Fsp3) is 0.917. The maximum atomic E-state index is 13.1. The van der Waals surface area contributed by atoms with Crippen molar-refractivity contribution in [3.05, 3.63) is 0 Å². The molecule has 15 heavy (non-hydrogen) atoms. The van der Waals surface area contributed by atoms with Gasteiger partial charge in [0.25, 0.3) is 0 Å². The first kappa shape index (κ1) is 12.6. The number of hydrogen-bond acceptors (Lipinski definition) is 2. The third kappa shape index (κ3) is 2.57. The van der Waals surface area contributed by atoms with Gasteiger partial charge in [-0.3, -0.25) is 4.79 Å². The Hall–Kier alpha value is -0.440. The first-order valence-electron chi connectivity index (χ1n) is 5.54. The average Bonchev–Trinajstić information content (AvgIpc) is 2.92. The Morgan fingerprint density at radius 2 is 2.07 bits per heavy atom. The lowest BCUT2D eigenvalue weighted by molar-refractivity contribution is -0.149. The number of halogens is 1. The van der Waals surface area contributed by atoms with Crippen LogP contribution in [0.3, 0.4) is 0 Å². The van der Waals surface area contributed by atoms with Crippen molar-refractivity contribution in [3.63, 3.8) is 0 Å². The molecule has 1 saturated carbocycles. The minimum atomic E-state index is -1.20. The number of alkyl halides is 1. The van der Waals surface area contributed by atoms with E-state index in [0.717, 1.165) is 12.8 Å². The molecule has 0 aliphatic heterocycles. The summed E-state index contributed by atoms with van der Waals surface area (Å²) in [6, 6.07) is 0. The van der Waals surface area contributed by atoms with Crippen LogP contribution < -0.4 is 0 Å². The molecule has 1 atom stereocenters. The Morgan fingerprint density at radius 3 is 2.33 bits per heavy atom. The summed E-state index contributed by atoms with van der Waals surface area (Å²) in [6.45, 7) is 4.96. The maximum Gasteiger partial charge on any atom is 0.169 e.